The molecule has 0 aliphatic carbocycles. The van der Waals surface area contributed by atoms with Gasteiger partial charge in [0.05, 0.1) is 12.8 Å². The molecule has 0 aromatic rings. The topological polar surface area (TPSA) is 141 Å². The van der Waals surface area contributed by atoms with E-state index >= 15 is 0 Å². The monoisotopic (exact) mass is 300 g/mol. The first kappa shape index (κ1) is 18.2. The molecule has 0 spiro atoms. The van der Waals surface area contributed by atoms with Gasteiger partial charge in [0.25, 0.3) is 0 Å². The summed E-state index contributed by atoms with van der Waals surface area (Å²) in [7, 11) is 0. The SMILES string of the molecule is CC(=O)CC(=O)OC(=O)/C=C/C(=O)OC(=O)CCC(=O)O. The predicted octanol–water partition coefficient (Wildman–Crippen LogP) is -0.474. The first-order chi connectivity index (χ1) is 9.70. The lowest BCUT2D eigenvalue weighted by Crippen LogP contribution is -2.14. The molecule has 0 fully saturated rings. The normalized spacial score (nSPS) is 9.95. The van der Waals surface area contributed by atoms with Gasteiger partial charge < -0.3 is 14.6 Å². The third-order valence-electron chi connectivity index (χ3n) is 1.72. The molecule has 0 radical (unpaired) electrons. The number of Topliss-reactive ketones (excluding diaryl/α,β-unsaturated/α-hetero) is 1. The number of ether oxygens (including phenoxy) is 2. The number of carboxylic acid groups (broad SMARTS) is 1. The Morgan fingerprint density at radius 1 is 0.857 bits per heavy atom. The zero-order valence-electron chi connectivity index (χ0n) is 11.0. The van der Waals surface area contributed by atoms with Gasteiger partial charge in [0.15, 0.2) is 0 Å². The van der Waals surface area contributed by atoms with E-state index in [1.54, 1.807) is 0 Å². The van der Waals surface area contributed by atoms with Gasteiger partial charge in [-0.15, -0.1) is 0 Å². The van der Waals surface area contributed by atoms with Crippen LogP contribution in [0.2, 0.25) is 0 Å². The van der Waals surface area contributed by atoms with Crippen LogP contribution >= 0.6 is 0 Å². The summed E-state index contributed by atoms with van der Waals surface area (Å²) in [6.45, 7) is 1.13. The number of ketones is 1. The first-order valence-electron chi connectivity index (χ1n) is 5.59. The summed E-state index contributed by atoms with van der Waals surface area (Å²) < 4.78 is 8.29. The van der Waals surface area contributed by atoms with Crippen LogP contribution in [0, 0.1) is 0 Å². The van der Waals surface area contributed by atoms with Crippen LogP contribution in [0.4, 0.5) is 0 Å². The fraction of sp³-hybridized carbons (Fsp3) is 0.333. The minimum absolute atomic E-state index is 0.500. The standard InChI is InChI=1S/C12H12O9/c1-7(13)6-12(19)21-11(18)5-4-10(17)20-9(16)3-2-8(14)15/h4-5H,2-3,6H2,1H3,(H,14,15)/b5-4+. The van der Waals surface area contributed by atoms with Crippen LogP contribution < -0.4 is 0 Å². The molecule has 21 heavy (non-hydrogen) atoms. The Kier molecular flexibility index (Phi) is 7.89. The lowest BCUT2D eigenvalue weighted by Gasteiger charge is -1.98. The third-order valence-corrected chi connectivity index (χ3v) is 1.72. The quantitative estimate of drug-likeness (QED) is 0.375. The number of carboxylic acids is 1. The van der Waals surface area contributed by atoms with E-state index in [0.717, 1.165) is 6.92 Å². The van der Waals surface area contributed by atoms with E-state index in [2.05, 4.69) is 9.47 Å². The molecule has 0 aromatic heterocycles. The lowest BCUT2D eigenvalue weighted by molar-refractivity contribution is -0.159. The first-order valence-corrected chi connectivity index (χ1v) is 5.59. The molecule has 9 heteroatoms. The van der Waals surface area contributed by atoms with E-state index in [1.165, 1.54) is 0 Å². The molecule has 0 amide bonds. The molecule has 0 bridgehead atoms. The van der Waals surface area contributed by atoms with E-state index in [1.807, 2.05) is 0 Å². The second-order valence-electron chi connectivity index (χ2n) is 3.69. The summed E-state index contributed by atoms with van der Waals surface area (Å²) in [5, 5.41) is 8.30. The van der Waals surface area contributed by atoms with E-state index in [4.69, 9.17) is 5.11 Å². The number of hydrogen-bond acceptors (Lipinski definition) is 8. The molecule has 0 atom stereocenters. The number of esters is 4. The van der Waals surface area contributed by atoms with Crippen molar-refractivity contribution in [1.82, 2.24) is 0 Å². The van der Waals surface area contributed by atoms with E-state index in [0.29, 0.717) is 12.2 Å². The maximum atomic E-state index is 11.0. The zero-order chi connectivity index (χ0) is 16.4. The van der Waals surface area contributed by atoms with Crippen molar-refractivity contribution < 1.29 is 43.3 Å². The van der Waals surface area contributed by atoms with Gasteiger partial charge in [0, 0.05) is 12.2 Å². The van der Waals surface area contributed by atoms with Crippen LogP contribution in [-0.4, -0.2) is 40.7 Å². The summed E-state index contributed by atoms with van der Waals surface area (Å²) in [5.74, 6) is -6.32. The molecule has 9 nitrogen and oxygen atoms in total. The number of aliphatic carboxylic acids is 1. The van der Waals surface area contributed by atoms with Gasteiger partial charge in [-0.3, -0.25) is 19.2 Å². The van der Waals surface area contributed by atoms with Gasteiger partial charge in [-0.1, -0.05) is 0 Å². The number of rotatable bonds is 7. The second kappa shape index (κ2) is 9.13. The molecule has 0 aliphatic heterocycles. The molecule has 0 saturated heterocycles. The molecule has 0 aliphatic rings. The molecule has 0 unspecified atom stereocenters. The van der Waals surface area contributed by atoms with Crippen LogP contribution in [-0.2, 0) is 38.2 Å². The molecule has 0 saturated carbocycles. The van der Waals surface area contributed by atoms with Crippen molar-refractivity contribution in [1.29, 1.82) is 0 Å². The van der Waals surface area contributed by atoms with Crippen LogP contribution in [0.5, 0.6) is 0 Å². The Labute approximate surface area is 118 Å². The van der Waals surface area contributed by atoms with Crippen LogP contribution in [0.25, 0.3) is 0 Å². The summed E-state index contributed by atoms with van der Waals surface area (Å²) in [6.07, 6.45) is -0.529. The van der Waals surface area contributed by atoms with Crippen molar-refractivity contribution in [3.8, 4) is 0 Å². The Morgan fingerprint density at radius 2 is 1.33 bits per heavy atom. The summed E-state index contributed by atoms with van der Waals surface area (Å²) >= 11 is 0. The van der Waals surface area contributed by atoms with Crippen molar-refractivity contribution in [3.05, 3.63) is 12.2 Å². The summed E-state index contributed by atoms with van der Waals surface area (Å²) in [4.78, 5) is 64.6. The summed E-state index contributed by atoms with van der Waals surface area (Å²) in [6, 6.07) is 0. The average molecular weight is 300 g/mol. The fourth-order valence-electron chi connectivity index (χ4n) is 0.928. The Balaban J connectivity index is 4.16. The second-order valence-corrected chi connectivity index (χ2v) is 3.69. The fourth-order valence-corrected chi connectivity index (χ4v) is 0.928. The van der Waals surface area contributed by atoms with Crippen molar-refractivity contribution in [2.24, 2.45) is 0 Å². The number of carbonyl (C=O) groups excluding carboxylic acids is 5. The van der Waals surface area contributed by atoms with Crippen LogP contribution in [0.1, 0.15) is 26.2 Å². The summed E-state index contributed by atoms with van der Waals surface area (Å²) in [5.41, 5.74) is 0. The average Bonchev–Trinajstić information content (AvgIpc) is 2.32. The molecule has 0 aromatic carbocycles. The Bertz CT molecular complexity index is 501. The zero-order valence-corrected chi connectivity index (χ0v) is 11.0. The van der Waals surface area contributed by atoms with Gasteiger partial charge >= 0.3 is 29.8 Å². The molecular weight excluding hydrogens is 288 g/mol. The lowest BCUT2D eigenvalue weighted by atomic mass is 10.3. The van der Waals surface area contributed by atoms with Crippen molar-refractivity contribution in [2.75, 3.05) is 0 Å². The molecule has 0 rings (SSSR count). The van der Waals surface area contributed by atoms with Gasteiger partial charge in [0.2, 0.25) is 0 Å². The molecule has 0 heterocycles. The van der Waals surface area contributed by atoms with E-state index in [9.17, 15) is 28.8 Å². The molecule has 1 N–H and O–H groups in total. The number of hydrogen-bond donors (Lipinski definition) is 1. The molecule has 114 valence electrons. The van der Waals surface area contributed by atoms with Crippen LogP contribution in [0.3, 0.4) is 0 Å². The van der Waals surface area contributed by atoms with Gasteiger partial charge in [-0.25, -0.2) is 9.59 Å². The third kappa shape index (κ3) is 10.7. The smallest absolute Gasteiger partial charge is 0.338 e. The minimum Gasteiger partial charge on any atom is -0.481 e. The van der Waals surface area contributed by atoms with Crippen molar-refractivity contribution in [3.63, 3.8) is 0 Å². The van der Waals surface area contributed by atoms with Gasteiger partial charge in [-0.2, -0.15) is 0 Å². The maximum absolute atomic E-state index is 11.0. The van der Waals surface area contributed by atoms with Crippen molar-refractivity contribution >= 4 is 35.6 Å². The molecular formula is C12H12O9. The van der Waals surface area contributed by atoms with Crippen molar-refractivity contribution in [2.45, 2.75) is 26.2 Å². The van der Waals surface area contributed by atoms with Gasteiger partial charge in [0.1, 0.15) is 12.2 Å². The number of carbonyl (C=O) groups is 6. The highest BCUT2D eigenvalue weighted by molar-refractivity contribution is 6.02. The Hall–Kier alpha value is -2.84. The highest BCUT2D eigenvalue weighted by Gasteiger charge is 2.12. The van der Waals surface area contributed by atoms with Crippen LogP contribution in [0.15, 0.2) is 12.2 Å². The van der Waals surface area contributed by atoms with E-state index < -0.39 is 54.9 Å². The minimum atomic E-state index is -1.23. The van der Waals surface area contributed by atoms with Gasteiger partial charge in [-0.05, 0) is 6.92 Å². The van der Waals surface area contributed by atoms with E-state index in [-0.39, 0.29) is 0 Å². The largest absolute Gasteiger partial charge is 0.481 e. The maximum Gasteiger partial charge on any atom is 0.338 e. The predicted molar refractivity (Wildman–Crippen MR) is 63.5 cm³/mol. The highest BCUT2D eigenvalue weighted by atomic mass is 16.6. The Morgan fingerprint density at radius 3 is 1.76 bits per heavy atom. The highest BCUT2D eigenvalue weighted by Crippen LogP contribution is 1.95.